The van der Waals surface area contributed by atoms with E-state index < -0.39 is 5.97 Å². The molecule has 4 aromatic rings. The van der Waals surface area contributed by atoms with Gasteiger partial charge in [0.2, 0.25) is 0 Å². The summed E-state index contributed by atoms with van der Waals surface area (Å²) in [4.78, 5) is 33.7. The summed E-state index contributed by atoms with van der Waals surface area (Å²) in [5, 5.41) is 8.60. The summed E-state index contributed by atoms with van der Waals surface area (Å²) in [7, 11) is 0. The van der Waals surface area contributed by atoms with E-state index in [1.807, 2.05) is 6.07 Å². The van der Waals surface area contributed by atoms with Gasteiger partial charge in [-0.2, -0.15) is 0 Å². The molecule has 0 unspecified atom stereocenters. The van der Waals surface area contributed by atoms with E-state index in [1.54, 1.807) is 29.5 Å². The van der Waals surface area contributed by atoms with E-state index in [9.17, 15) is 9.59 Å². The number of aryl methyl sites for hydroxylation is 3. The van der Waals surface area contributed by atoms with Gasteiger partial charge in [0.1, 0.15) is 5.82 Å². The van der Waals surface area contributed by atoms with Gasteiger partial charge in [-0.15, -0.1) is 21.5 Å². The Morgan fingerprint density at radius 3 is 2.97 bits per heavy atom. The maximum absolute atomic E-state index is 12.1. The van der Waals surface area contributed by atoms with Crippen LogP contribution in [0.1, 0.15) is 41.4 Å². The van der Waals surface area contributed by atoms with Gasteiger partial charge in [-0.25, -0.2) is 4.98 Å². The van der Waals surface area contributed by atoms with E-state index in [0.717, 1.165) is 17.7 Å². The van der Waals surface area contributed by atoms with Gasteiger partial charge in [-0.1, -0.05) is 12.1 Å². The SMILES string of the molecule is O=C(CCc1nc2ccccc2c(=O)[nH]1)OCc1nnc(-c2cc3c(s2)CCCC3)o1. The monoisotopic (exact) mass is 436 g/mol. The van der Waals surface area contributed by atoms with Crippen LogP contribution >= 0.6 is 11.3 Å². The van der Waals surface area contributed by atoms with E-state index in [-0.39, 0.29) is 30.9 Å². The molecule has 3 aromatic heterocycles. The average molecular weight is 436 g/mol. The lowest BCUT2D eigenvalue weighted by Crippen LogP contribution is -2.14. The molecule has 8 nitrogen and oxygen atoms in total. The average Bonchev–Trinajstić information content (AvgIpc) is 3.43. The standard InChI is InChI=1S/C22H20N4O4S/c27-20(10-9-18-23-15-7-3-2-6-14(15)21(28)24-18)29-12-19-25-26-22(30-19)17-11-13-5-1-4-8-16(13)31-17/h2-3,6-7,11H,1,4-5,8-10,12H2,(H,23,24,28). The molecule has 0 atom stereocenters. The van der Waals surface area contributed by atoms with Crippen LogP contribution in [0, 0.1) is 0 Å². The number of nitrogens with zero attached hydrogens (tertiary/aromatic N) is 3. The molecule has 0 radical (unpaired) electrons. The van der Waals surface area contributed by atoms with Crippen LogP contribution in [-0.4, -0.2) is 26.1 Å². The van der Waals surface area contributed by atoms with Gasteiger partial charge in [0, 0.05) is 11.3 Å². The number of carbonyl (C=O) groups is 1. The zero-order valence-corrected chi connectivity index (χ0v) is 17.5. The number of aromatic nitrogens is 4. The Hall–Kier alpha value is -3.33. The Morgan fingerprint density at radius 2 is 2.06 bits per heavy atom. The maximum Gasteiger partial charge on any atom is 0.306 e. The number of hydrogen-bond acceptors (Lipinski definition) is 8. The Kier molecular flexibility index (Phi) is 5.33. The highest BCUT2D eigenvalue weighted by atomic mass is 32.1. The maximum atomic E-state index is 12.1. The van der Waals surface area contributed by atoms with Gasteiger partial charge in [0.05, 0.1) is 22.2 Å². The highest BCUT2D eigenvalue weighted by Gasteiger charge is 2.18. The summed E-state index contributed by atoms with van der Waals surface area (Å²) in [5.41, 5.74) is 1.75. The third-order valence-electron chi connectivity index (χ3n) is 5.26. The van der Waals surface area contributed by atoms with Gasteiger partial charge in [0.15, 0.2) is 6.61 Å². The largest absolute Gasteiger partial charge is 0.456 e. The van der Waals surface area contributed by atoms with Crippen molar-refractivity contribution in [2.75, 3.05) is 0 Å². The molecule has 0 bridgehead atoms. The third kappa shape index (κ3) is 4.27. The van der Waals surface area contributed by atoms with E-state index in [0.29, 0.717) is 22.6 Å². The van der Waals surface area contributed by atoms with Crippen LogP contribution in [0.5, 0.6) is 0 Å². The second-order valence-electron chi connectivity index (χ2n) is 7.46. The minimum absolute atomic E-state index is 0.0833. The summed E-state index contributed by atoms with van der Waals surface area (Å²) in [5.74, 6) is 0.736. The molecule has 0 fully saturated rings. The first-order chi connectivity index (χ1) is 15.2. The fourth-order valence-corrected chi connectivity index (χ4v) is 4.87. The molecule has 0 aliphatic heterocycles. The number of para-hydroxylation sites is 1. The third-order valence-corrected chi connectivity index (χ3v) is 6.48. The number of esters is 1. The highest BCUT2D eigenvalue weighted by Crippen LogP contribution is 2.35. The molecule has 1 aliphatic rings. The molecular formula is C22H20N4O4S. The number of hydrogen-bond donors (Lipinski definition) is 1. The lowest BCUT2D eigenvalue weighted by atomic mass is 9.99. The summed E-state index contributed by atoms with van der Waals surface area (Å²) >= 11 is 1.69. The second kappa shape index (κ2) is 8.43. The Bertz CT molecular complexity index is 1280. The van der Waals surface area contributed by atoms with Gasteiger partial charge in [-0.05, 0) is 49.4 Å². The number of ether oxygens (including phenoxy) is 1. The smallest absolute Gasteiger partial charge is 0.306 e. The number of aromatic amines is 1. The van der Waals surface area contributed by atoms with Crippen LogP contribution in [0.15, 0.2) is 39.5 Å². The first-order valence-electron chi connectivity index (χ1n) is 10.2. The van der Waals surface area contributed by atoms with Crippen molar-refractivity contribution in [1.82, 2.24) is 20.2 Å². The van der Waals surface area contributed by atoms with E-state index in [2.05, 4.69) is 26.2 Å². The van der Waals surface area contributed by atoms with Gasteiger partial charge in [0.25, 0.3) is 17.3 Å². The normalized spacial score (nSPS) is 13.3. The van der Waals surface area contributed by atoms with Crippen LogP contribution in [-0.2, 0) is 35.4 Å². The molecule has 1 aromatic carbocycles. The van der Waals surface area contributed by atoms with Crippen LogP contribution in [0.2, 0.25) is 0 Å². The molecule has 3 heterocycles. The molecule has 0 amide bonds. The number of nitrogens with one attached hydrogen (secondary N) is 1. The van der Waals surface area contributed by atoms with Gasteiger partial charge in [-0.3, -0.25) is 9.59 Å². The van der Waals surface area contributed by atoms with E-state index in [4.69, 9.17) is 9.15 Å². The van der Waals surface area contributed by atoms with Crippen LogP contribution in [0.4, 0.5) is 0 Å². The van der Waals surface area contributed by atoms with Crippen molar-refractivity contribution < 1.29 is 13.9 Å². The summed E-state index contributed by atoms with van der Waals surface area (Å²) in [6.07, 6.45) is 5.00. The Labute approximate surface area is 181 Å². The minimum Gasteiger partial charge on any atom is -0.456 e. The summed E-state index contributed by atoms with van der Waals surface area (Å²) in [6.45, 7) is -0.0847. The first-order valence-corrected chi connectivity index (χ1v) is 11.1. The number of H-pyrrole nitrogens is 1. The molecule has 0 saturated heterocycles. The second-order valence-corrected chi connectivity index (χ2v) is 8.59. The van der Waals surface area contributed by atoms with Crippen LogP contribution in [0.3, 0.4) is 0 Å². The molecule has 0 spiro atoms. The molecule has 1 N–H and O–H groups in total. The minimum atomic E-state index is -0.429. The zero-order chi connectivity index (χ0) is 21.2. The lowest BCUT2D eigenvalue weighted by Gasteiger charge is -2.08. The predicted octanol–water partition coefficient (Wildman–Crippen LogP) is 3.59. The molecule has 5 rings (SSSR count). The molecule has 158 valence electrons. The van der Waals surface area contributed by atoms with Crippen molar-refractivity contribution in [3.63, 3.8) is 0 Å². The van der Waals surface area contributed by atoms with E-state index in [1.165, 1.54) is 23.3 Å². The number of fused-ring (bicyclic) bond motifs is 2. The van der Waals surface area contributed by atoms with Crippen molar-refractivity contribution in [2.24, 2.45) is 0 Å². The van der Waals surface area contributed by atoms with Crippen LogP contribution < -0.4 is 5.56 Å². The Morgan fingerprint density at radius 1 is 1.19 bits per heavy atom. The van der Waals surface area contributed by atoms with Crippen molar-refractivity contribution >= 4 is 28.2 Å². The number of carbonyl (C=O) groups excluding carboxylic acids is 1. The van der Waals surface area contributed by atoms with Crippen molar-refractivity contribution in [3.8, 4) is 10.8 Å². The molecule has 0 saturated carbocycles. The number of rotatable bonds is 6. The van der Waals surface area contributed by atoms with E-state index >= 15 is 0 Å². The fraction of sp³-hybridized carbons (Fsp3) is 0.318. The predicted molar refractivity (Wildman–Crippen MR) is 115 cm³/mol. The molecule has 1 aliphatic carbocycles. The van der Waals surface area contributed by atoms with Crippen molar-refractivity contribution in [2.45, 2.75) is 45.1 Å². The fourth-order valence-electron chi connectivity index (χ4n) is 3.70. The van der Waals surface area contributed by atoms with Crippen LogP contribution in [0.25, 0.3) is 21.7 Å². The van der Waals surface area contributed by atoms with Crippen molar-refractivity contribution in [1.29, 1.82) is 0 Å². The lowest BCUT2D eigenvalue weighted by molar-refractivity contribution is -0.145. The molecule has 31 heavy (non-hydrogen) atoms. The summed E-state index contributed by atoms with van der Waals surface area (Å²) in [6, 6.07) is 9.20. The molecular weight excluding hydrogens is 416 g/mol. The number of thiophene rings is 1. The Balaban J connectivity index is 1.17. The van der Waals surface area contributed by atoms with Crippen molar-refractivity contribution in [3.05, 3.63) is 62.8 Å². The zero-order valence-electron chi connectivity index (χ0n) is 16.7. The quantitative estimate of drug-likeness (QED) is 0.460. The van der Waals surface area contributed by atoms with Gasteiger partial charge >= 0.3 is 5.97 Å². The first kappa shape index (κ1) is 19.6. The van der Waals surface area contributed by atoms with Gasteiger partial charge < -0.3 is 14.1 Å². The number of benzene rings is 1. The highest BCUT2D eigenvalue weighted by molar-refractivity contribution is 7.15. The summed E-state index contributed by atoms with van der Waals surface area (Å²) < 4.78 is 10.9. The topological polar surface area (TPSA) is 111 Å². The molecule has 9 heteroatoms.